The van der Waals surface area contributed by atoms with Gasteiger partial charge in [0, 0.05) is 38.6 Å². The first kappa shape index (κ1) is 19.0. The van der Waals surface area contributed by atoms with E-state index >= 15 is 0 Å². The Morgan fingerprint density at radius 3 is 2.77 bits per heavy atom. The molecule has 1 aliphatic rings. The van der Waals surface area contributed by atoms with E-state index in [2.05, 4.69) is 5.32 Å². The Balaban J connectivity index is 1.77. The molecule has 1 N–H and O–H groups in total. The number of amides is 1. The third kappa shape index (κ3) is 3.83. The molecule has 0 spiro atoms. The number of hydrogen-bond donors (Lipinski definition) is 1. The van der Waals surface area contributed by atoms with Crippen LogP contribution in [0.5, 0.6) is 0 Å². The Bertz CT molecular complexity index is 893. The molecule has 6 nitrogen and oxygen atoms in total. The molecule has 1 aromatic heterocycles. The van der Waals surface area contributed by atoms with Crippen LogP contribution >= 0.6 is 11.3 Å². The van der Waals surface area contributed by atoms with Crippen molar-refractivity contribution in [1.82, 2.24) is 14.5 Å². The number of nitrogens with one attached hydrogen (secondary N) is 1. The summed E-state index contributed by atoms with van der Waals surface area (Å²) in [5, 5.41) is 4.62. The predicted octanol–water partition coefficient (Wildman–Crippen LogP) is 1.79. The fraction of sp³-hybridized carbons (Fsp3) is 0.389. The van der Waals surface area contributed by atoms with E-state index in [9.17, 15) is 13.2 Å². The first-order chi connectivity index (χ1) is 12.4. The quantitative estimate of drug-likeness (QED) is 0.812. The number of nitrogens with zero attached hydrogens (tertiary/aromatic N) is 2. The average Bonchev–Trinajstić information content (AvgIpc) is 3.16. The van der Waals surface area contributed by atoms with Gasteiger partial charge in [-0.3, -0.25) is 4.79 Å². The Labute approximate surface area is 158 Å². The monoisotopic (exact) mass is 393 g/mol. The van der Waals surface area contributed by atoms with Crippen LogP contribution in [-0.4, -0.2) is 57.3 Å². The van der Waals surface area contributed by atoms with Crippen LogP contribution in [0, 0.1) is 0 Å². The Kier molecular flexibility index (Phi) is 5.76. The number of thiophene rings is 1. The van der Waals surface area contributed by atoms with Crippen molar-refractivity contribution in [2.24, 2.45) is 0 Å². The third-order valence-electron chi connectivity index (χ3n) is 4.56. The second-order valence-corrected chi connectivity index (χ2v) is 9.42. The number of likely N-dealkylation sites (N-methyl/N-ethyl adjacent to an activating group) is 2. The van der Waals surface area contributed by atoms with Gasteiger partial charge in [0.15, 0.2) is 0 Å². The molecule has 0 bridgehead atoms. The molecule has 1 amide bonds. The zero-order valence-electron chi connectivity index (χ0n) is 14.9. The number of carbonyl (C=O) groups is 1. The minimum atomic E-state index is -3.59. The molecule has 0 saturated heterocycles. The third-order valence-corrected chi connectivity index (χ3v) is 7.82. The van der Waals surface area contributed by atoms with E-state index in [4.69, 9.17) is 0 Å². The molecule has 8 heteroatoms. The highest BCUT2D eigenvalue weighted by Crippen LogP contribution is 2.28. The van der Waals surface area contributed by atoms with Crippen molar-refractivity contribution in [3.63, 3.8) is 0 Å². The van der Waals surface area contributed by atoms with Crippen LogP contribution in [0.4, 0.5) is 0 Å². The molecule has 0 aliphatic carbocycles. The van der Waals surface area contributed by atoms with E-state index in [1.165, 1.54) is 15.9 Å². The molecule has 0 atom stereocenters. The summed E-state index contributed by atoms with van der Waals surface area (Å²) in [6.07, 6.45) is 0.708. The maximum absolute atomic E-state index is 13.0. The fourth-order valence-corrected chi connectivity index (χ4v) is 5.69. The molecular formula is C18H23N3O3S2. The number of rotatable bonds is 6. The summed E-state index contributed by atoms with van der Waals surface area (Å²) >= 11 is 1.11. The van der Waals surface area contributed by atoms with E-state index in [0.717, 1.165) is 16.9 Å². The predicted molar refractivity (Wildman–Crippen MR) is 103 cm³/mol. The summed E-state index contributed by atoms with van der Waals surface area (Å²) in [5.41, 5.74) is 2.67. The zero-order valence-corrected chi connectivity index (χ0v) is 16.6. The van der Waals surface area contributed by atoms with Gasteiger partial charge >= 0.3 is 0 Å². The molecule has 2 heterocycles. The van der Waals surface area contributed by atoms with Gasteiger partial charge in [0.25, 0.3) is 15.9 Å². The maximum atomic E-state index is 13.0. The zero-order chi connectivity index (χ0) is 18.7. The van der Waals surface area contributed by atoms with E-state index < -0.39 is 10.0 Å². The number of hydrogen-bond acceptors (Lipinski definition) is 5. The Morgan fingerprint density at radius 2 is 2.04 bits per heavy atom. The first-order valence-electron chi connectivity index (χ1n) is 8.49. The van der Waals surface area contributed by atoms with Gasteiger partial charge in [-0.2, -0.15) is 4.31 Å². The molecule has 0 saturated carbocycles. The Morgan fingerprint density at radius 1 is 1.31 bits per heavy atom. The second kappa shape index (κ2) is 7.87. The lowest BCUT2D eigenvalue weighted by atomic mass is 10.0. The molecule has 0 radical (unpaired) electrons. The molecular weight excluding hydrogens is 370 g/mol. The number of benzene rings is 1. The van der Waals surface area contributed by atoms with E-state index in [0.29, 0.717) is 38.2 Å². The minimum absolute atomic E-state index is 0.165. The highest BCUT2D eigenvalue weighted by Gasteiger charge is 2.30. The topological polar surface area (TPSA) is 69.7 Å². The lowest BCUT2D eigenvalue weighted by Gasteiger charge is -2.27. The van der Waals surface area contributed by atoms with Crippen LogP contribution in [0.1, 0.15) is 21.5 Å². The van der Waals surface area contributed by atoms with Crippen LogP contribution in [0.25, 0.3) is 0 Å². The molecule has 0 fully saturated rings. The van der Waals surface area contributed by atoms with Crippen LogP contribution in [0.15, 0.2) is 39.9 Å². The van der Waals surface area contributed by atoms with Gasteiger partial charge in [-0.05, 0) is 30.7 Å². The lowest BCUT2D eigenvalue weighted by molar-refractivity contribution is 0.0797. The smallest absolute Gasteiger partial charge is 0.254 e. The highest BCUT2D eigenvalue weighted by atomic mass is 32.2. The average molecular weight is 394 g/mol. The number of sulfonamides is 1. The van der Waals surface area contributed by atoms with Crippen molar-refractivity contribution in [2.45, 2.75) is 17.2 Å². The SMILES string of the molecule is CNCCN(C)C(=O)c1csc(S(=O)(=O)N2CCc3ccccc3C2)c1. The van der Waals surface area contributed by atoms with Crippen molar-refractivity contribution < 1.29 is 13.2 Å². The molecule has 2 aromatic rings. The lowest BCUT2D eigenvalue weighted by Crippen LogP contribution is -2.35. The molecule has 140 valence electrons. The highest BCUT2D eigenvalue weighted by molar-refractivity contribution is 7.91. The Hall–Kier alpha value is -1.74. The van der Waals surface area contributed by atoms with Crippen molar-refractivity contribution in [1.29, 1.82) is 0 Å². The van der Waals surface area contributed by atoms with Gasteiger partial charge in [-0.25, -0.2) is 8.42 Å². The van der Waals surface area contributed by atoms with Crippen LogP contribution in [0.2, 0.25) is 0 Å². The van der Waals surface area contributed by atoms with Gasteiger partial charge in [0.2, 0.25) is 0 Å². The largest absolute Gasteiger partial charge is 0.340 e. The van der Waals surface area contributed by atoms with E-state index in [1.54, 1.807) is 17.3 Å². The van der Waals surface area contributed by atoms with Crippen LogP contribution < -0.4 is 5.32 Å². The van der Waals surface area contributed by atoms with Gasteiger partial charge in [0.05, 0.1) is 5.56 Å². The fourth-order valence-electron chi connectivity index (χ4n) is 2.97. The summed E-state index contributed by atoms with van der Waals surface area (Å²) in [5.74, 6) is -0.165. The standard InChI is InChI=1S/C18H23N3O3S2/c1-19-8-10-20(2)18(22)16-11-17(25-13-16)26(23,24)21-9-7-14-5-3-4-6-15(14)12-21/h3-6,11,13,19H,7-10,12H2,1-2H3. The number of carbonyl (C=O) groups excluding carboxylic acids is 1. The summed E-state index contributed by atoms with van der Waals surface area (Å²) in [6, 6.07) is 9.42. The summed E-state index contributed by atoms with van der Waals surface area (Å²) < 4.78 is 27.7. The van der Waals surface area contributed by atoms with Crippen LogP contribution in [0.3, 0.4) is 0 Å². The number of fused-ring (bicyclic) bond motifs is 1. The maximum Gasteiger partial charge on any atom is 0.254 e. The summed E-state index contributed by atoms with van der Waals surface area (Å²) in [4.78, 5) is 14.0. The molecule has 1 aliphatic heterocycles. The molecule has 1 aromatic carbocycles. The van der Waals surface area contributed by atoms with Crippen molar-refractivity contribution in [2.75, 3.05) is 33.7 Å². The second-order valence-electron chi connectivity index (χ2n) is 6.34. The van der Waals surface area contributed by atoms with Crippen molar-refractivity contribution in [3.8, 4) is 0 Å². The molecule has 3 rings (SSSR count). The van der Waals surface area contributed by atoms with Crippen LogP contribution in [-0.2, 0) is 23.0 Å². The summed E-state index contributed by atoms with van der Waals surface area (Å²) in [6.45, 7) is 2.09. The van der Waals surface area contributed by atoms with Crippen molar-refractivity contribution in [3.05, 3.63) is 52.4 Å². The van der Waals surface area contributed by atoms with Crippen molar-refractivity contribution >= 4 is 27.3 Å². The molecule has 26 heavy (non-hydrogen) atoms. The van der Waals surface area contributed by atoms with Gasteiger partial charge in [-0.15, -0.1) is 11.3 Å². The van der Waals surface area contributed by atoms with Gasteiger partial charge in [-0.1, -0.05) is 24.3 Å². The van der Waals surface area contributed by atoms with E-state index in [1.807, 2.05) is 31.3 Å². The minimum Gasteiger partial charge on any atom is -0.340 e. The summed E-state index contributed by atoms with van der Waals surface area (Å²) in [7, 11) is -0.0522. The molecule has 0 unspecified atom stereocenters. The van der Waals surface area contributed by atoms with Gasteiger partial charge < -0.3 is 10.2 Å². The normalized spacial score (nSPS) is 14.8. The van der Waals surface area contributed by atoms with E-state index in [-0.39, 0.29) is 10.1 Å². The van der Waals surface area contributed by atoms with Gasteiger partial charge in [0.1, 0.15) is 4.21 Å². The first-order valence-corrected chi connectivity index (χ1v) is 10.8.